The SMILES string of the molecule is CC(=O)c1ccccc1C(=O)N1CCCCC(N2CCN(C)CC2)C1. The van der Waals surface area contributed by atoms with Gasteiger partial charge in [-0.1, -0.05) is 24.6 Å². The lowest BCUT2D eigenvalue weighted by molar-refractivity contribution is 0.0628. The quantitative estimate of drug-likeness (QED) is 0.789. The van der Waals surface area contributed by atoms with Gasteiger partial charge in [0.15, 0.2) is 5.78 Å². The zero-order chi connectivity index (χ0) is 17.8. The lowest BCUT2D eigenvalue weighted by Gasteiger charge is -2.39. The van der Waals surface area contributed by atoms with Gasteiger partial charge in [0.05, 0.1) is 5.56 Å². The minimum Gasteiger partial charge on any atom is -0.337 e. The van der Waals surface area contributed by atoms with Crippen LogP contribution in [0.4, 0.5) is 0 Å². The number of hydrogen-bond acceptors (Lipinski definition) is 4. The molecule has 0 bridgehead atoms. The number of likely N-dealkylation sites (tertiary alicyclic amines) is 1. The number of Topliss-reactive ketones (excluding diaryl/α,β-unsaturated/α-hetero) is 1. The van der Waals surface area contributed by atoms with E-state index in [1.165, 1.54) is 6.92 Å². The average molecular weight is 343 g/mol. The summed E-state index contributed by atoms with van der Waals surface area (Å²) in [4.78, 5) is 31.9. The zero-order valence-corrected chi connectivity index (χ0v) is 15.4. The van der Waals surface area contributed by atoms with E-state index in [9.17, 15) is 9.59 Å². The first-order valence-electron chi connectivity index (χ1n) is 9.38. The van der Waals surface area contributed by atoms with Gasteiger partial charge in [0.25, 0.3) is 5.91 Å². The zero-order valence-electron chi connectivity index (χ0n) is 15.4. The summed E-state index contributed by atoms with van der Waals surface area (Å²) in [5.41, 5.74) is 1.09. The van der Waals surface area contributed by atoms with E-state index in [1.807, 2.05) is 17.0 Å². The molecule has 136 valence electrons. The van der Waals surface area contributed by atoms with E-state index in [0.29, 0.717) is 17.2 Å². The first-order chi connectivity index (χ1) is 12.1. The Labute approximate surface area is 150 Å². The summed E-state index contributed by atoms with van der Waals surface area (Å²) < 4.78 is 0. The fourth-order valence-corrected chi connectivity index (χ4v) is 3.94. The van der Waals surface area contributed by atoms with Crippen LogP contribution in [0.2, 0.25) is 0 Å². The number of piperazine rings is 1. The van der Waals surface area contributed by atoms with E-state index >= 15 is 0 Å². The predicted molar refractivity (Wildman–Crippen MR) is 99.1 cm³/mol. The number of benzene rings is 1. The van der Waals surface area contributed by atoms with E-state index in [-0.39, 0.29) is 11.7 Å². The summed E-state index contributed by atoms with van der Waals surface area (Å²) in [5.74, 6) is -0.0405. The van der Waals surface area contributed by atoms with Crippen LogP contribution in [-0.4, -0.2) is 78.7 Å². The van der Waals surface area contributed by atoms with Gasteiger partial charge in [-0.05, 0) is 32.9 Å². The Morgan fingerprint density at radius 3 is 2.32 bits per heavy atom. The maximum atomic E-state index is 13.1. The van der Waals surface area contributed by atoms with Gasteiger partial charge in [0.2, 0.25) is 0 Å². The third-order valence-electron chi connectivity index (χ3n) is 5.52. The summed E-state index contributed by atoms with van der Waals surface area (Å²) in [5, 5.41) is 0. The maximum absolute atomic E-state index is 13.1. The van der Waals surface area contributed by atoms with Gasteiger partial charge in [0, 0.05) is 50.9 Å². The molecule has 2 aliphatic heterocycles. The molecule has 1 amide bonds. The minimum atomic E-state index is -0.0469. The lowest BCUT2D eigenvalue weighted by Crippen LogP contribution is -2.52. The normalized spacial score (nSPS) is 23.3. The Hall–Kier alpha value is -1.72. The molecule has 0 N–H and O–H groups in total. The van der Waals surface area contributed by atoms with E-state index in [2.05, 4.69) is 16.8 Å². The molecular weight excluding hydrogens is 314 g/mol. The van der Waals surface area contributed by atoms with Gasteiger partial charge >= 0.3 is 0 Å². The number of nitrogens with zero attached hydrogens (tertiary/aromatic N) is 3. The second kappa shape index (κ2) is 8.11. The average Bonchev–Trinajstić information content (AvgIpc) is 2.88. The Morgan fingerprint density at radius 2 is 1.64 bits per heavy atom. The first-order valence-corrected chi connectivity index (χ1v) is 9.38. The molecular formula is C20H29N3O2. The molecule has 1 unspecified atom stereocenters. The lowest BCUT2D eigenvalue weighted by atomic mass is 10.0. The van der Waals surface area contributed by atoms with Crippen LogP contribution < -0.4 is 0 Å². The van der Waals surface area contributed by atoms with Gasteiger partial charge < -0.3 is 9.80 Å². The third-order valence-corrected chi connectivity index (χ3v) is 5.52. The highest BCUT2D eigenvalue weighted by Crippen LogP contribution is 2.20. The number of carbonyl (C=O) groups is 2. The van der Waals surface area contributed by atoms with Gasteiger partial charge in [-0.3, -0.25) is 14.5 Å². The molecule has 1 atom stereocenters. The second-order valence-electron chi connectivity index (χ2n) is 7.34. The van der Waals surface area contributed by atoms with Gasteiger partial charge in [-0.25, -0.2) is 0 Å². The summed E-state index contributed by atoms with van der Waals surface area (Å²) in [7, 11) is 2.17. The highest BCUT2D eigenvalue weighted by molar-refractivity contribution is 6.07. The number of rotatable bonds is 3. The molecule has 1 aromatic rings. The molecule has 1 aromatic carbocycles. The van der Waals surface area contributed by atoms with E-state index < -0.39 is 0 Å². The number of hydrogen-bond donors (Lipinski definition) is 0. The fraction of sp³-hybridized carbons (Fsp3) is 0.600. The minimum absolute atomic E-state index is 0.00632. The molecule has 5 nitrogen and oxygen atoms in total. The van der Waals surface area contributed by atoms with E-state index in [4.69, 9.17) is 0 Å². The summed E-state index contributed by atoms with van der Waals surface area (Å²) in [6.07, 6.45) is 3.36. The Kier molecular flexibility index (Phi) is 5.86. The van der Waals surface area contributed by atoms with Crippen molar-refractivity contribution in [2.45, 2.75) is 32.2 Å². The Morgan fingerprint density at radius 1 is 0.960 bits per heavy atom. The van der Waals surface area contributed by atoms with Crippen LogP contribution in [0.25, 0.3) is 0 Å². The second-order valence-corrected chi connectivity index (χ2v) is 7.34. The molecule has 0 radical (unpaired) electrons. The monoisotopic (exact) mass is 343 g/mol. The molecule has 2 fully saturated rings. The van der Waals surface area contributed by atoms with Crippen LogP contribution in [-0.2, 0) is 0 Å². The van der Waals surface area contributed by atoms with Crippen LogP contribution in [0.15, 0.2) is 24.3 Å². The molecule has 2 aliphatic rings. The molecule has 2 heterocycles. The molecule has 0 aliphatic carbocycles. The highest BCUT2D eigenvalue weighted by atomic mass is 16.2. The molecule has 0 aromatic heterocycles. The van der Waals surface area contributed by atoms with Crippen molar-refractivity contribution < 1.29 is 9.59 Å². The van der Waals surface area contributed by atoms with Crippen LogP contribution in [0.1, 0.15) is 46.9 Å². The van der Waals surface area contributed by atoms with Crippen molar-refractivity contribution in [2.75, 3.05) is 46.3 Å². The van der Waals surface area contributed by atoms with Crippen molar-refractivity contribution in [3.8, 4) is 0 Å². The van der Waals surface area contributed by atoms with Crippen LogP contribution in [0.3, 0.4) is 0 Å². The topological polar surface area (TPSA) is 43.9 Å². The fourth-order valence-electron chi connectivity index (χ4n) is 3.94. The van der Waals surface area contributed by atoms with Gasteiger partial charge in [-0.15, -0.1) is 0 Å². The number of ketones is 1. The molecule has 0 spiro atoms. The van der Waals surface area contributed by atoms with Crippen molar-refractivity contribution in [1.29, 1.82) is 0 Å². The number of carbonyl (C=O) groups excluding carboxylic acids is 2. The summed E-state index contributed by atoms with van der Waals surface area (Å²) in [6, 6.07) is 7.64. The summed E-state index contributed by atoms with van der Waals surface area (Å²) in [6.45, 7) is 7.43. The van der Waals surface area contributed by atoms with Crippen molar-refractivity contribution in [2.24, 2.45) is 0 Å². The van der Waals surface area contributed by atoms with Crippen molar-refractivity contribution in [1.82, 2.24) is 14.7 Å². The van der Waals surface area contributed by atoms with Crippen molar-refractivity contribution >= 4 is 11.7 Å². The molecule has 25 heavy (non-hydrogen) atoms. The summed E-state index contributed by atoms with van der Waals surface area (Å²) >= 11 is 0. The largest absolute Gasteiger partial charge is 0.337 e. The van der Waals surface area contributed by atoms with Crippen molar-refractivity contribution in [3.63, 3.8) is 0 Å². The van der Waals surface area contributed by atoms with E-state index in [1.54, 1.807) is 12.1 Å². The van der Waals surface area contributed by atoms with Crippen LogP contribution in [0, 0.1) is 0 Å². The predicted octanol–water partition coefficient (Wildman–Crippen LogP) is 2.13. The Bertz CT molecular complexity index is 623. The van der Waals surface area contributed by atoms with Crippen LogP contribution >= 0.6 is 0 Å². The highest BCUT2D eigenvalue weighted by Gasteiger charge is 2.29. The standard InChI is InChI=1S/C20H29N3O2/c1-16(24)18-8-3-4-9-19(18)20(25)23-10-6-5-7-17(15-23)22-13-11-21(2)12-14-22/h3-4,8-9,17H,5-7,10-15H2,1-2H3. The van der Waals surface area contributed by atoms with Crippen molar-refractivity contribution in [3.05, 3.63) is 35.4 Å². The molecule has 5 heteroatoms. The smallest absolute Gasteiger partial charge is 0.254 e. The first kappa shape index (κ1) is 18.1. The van der Waals surface area contributed by atoms with Gasteiger partial charge in [-0.2, -0.15) is 0 Å². The van der Waals surface area contributed by atoms with E-state index in [0.717, 1.165) is 58.5 Å². The molecule has 0 saturated carbocycles. The van der Waals surface area contributed by atoms with Gasteiger partial charge in [0.1, 0.15) is 0 Å². The van der Waals surface area contributed by atoms with Crippen LogP contribution in [0.5, 0.6) is 0 Å². The molecule has 2 saturated heterocycles. The number of likely N-dealkylation sites (N-methyl/N-ethyl adjacent to an activating group) is 1. The number of amides is 1. The Balaban J connectivity index is 1.75. The third kappa shape index (κ3) is 4.28. The maximum Gasteiger partial charge on any atom is 0.254 e. The molecule has 3 rings (SSSR count).